The standard InChI is InChI=1S/C15H20N4O2.C13H19NO.C10H8ClNO/c1-18-6-4-15(21,5-7-18)9-19-10-17-13-8-11(16)2-3-12(13)14(19)20;1-14-9-5-8-13(11-15)10-12-6-3-2-4-7-12;1-7(11)9-4-3-8(6-13)5-10(9)12-2/h2-3,8,10,21H,4-7,9,16H2,1H3;2-4,6-7,11,13-14H,5,8-10H2,1H3;3-6H,1-2H2. The number of aliphatic hydroxyl groups is 1. The number of fused-ring (bicyclic) bond motifs is 1. The maximum absolute atomic E-state index is 12.5. The van der Waals surface area contributed by atoms with Crippen LogP contribution in [0.25, 0.3) is 15.9 Å². The number of hydrogen-bond donors (Lipinski definition) is 3. The third-order valence-electron chi connectivity index (χ3n) is 8.39. The molecule has 260 valence electrons. The number of aromatic nitrogens is 2. The van der Waals surface area contributed by atoms with E-state index in [-0.39, 0.29) is 18.0 Å². The highest BCUT2D eigenvalue weighted by atomic mass is 35.5. The molecule has 0 spiro atoms. The normalized spacial score (nSPS) is 14.4. The molecule has 0 aliphatic carbocycles. The molecule has 0 radical (unpaired) electrons. The quantitative estimate of drug-likeness (QED) is 0.0766. The van der Waals surface area contributed by atoms with Gasteiger partial charge in [0.15, 0.2) is 0 Å². The Balaban J connectivity index is 0.000000207. The first-order valence-electron chi connectivity index (χ1n) is 16.2. The van der Waals surface area contributed by atoms with Crippen molar-refractivity contribution in [2.45, 2.75) is 44.2 Å². The third kappa shape index (κ3) is 12.2. The first-order chi connectivity index (χ1) is 23.5. The summed E-state index contributed by atoms with van der Waals surface area (Å²) in [6.07, 6.45) is 7.56. The van der Waals surface area contributed by atoms with Gasteiger partial charge in [-0.3, -0.25) is 19.1 Å². The highest BCUT2D eigenvalue weighted by molar-refractivity contribution is 6.48. The van der Waals surface area contributed by atoms with Gasteiger partial charge in [0.1, 0.15) is 12.6 Å². The average Bonchev–Trinajstić information content (AvgIpc) is 3.11. The predicted molar refractivity (Wildman–Crippen MR) is 201 cm³/mol. The second kappa shape index (κ2) is 19.5. The molecule has 49 heavy (non-hydrogen) atoms. The summed E-state index contributed by atoms with van der Waals surface area (Å²) < 4.78 is 1.50. The van der Waals surface area contributed by atoms with E-state index < -0.39 is 5.60 Å². The van der Waals surface area contributed by atoms with Crippen molar-refractivity contribution in [1.82, 2.24) is 19.8 Å². The average molecular weight is 687 g/mol. The van der Waals surface area contributed by atoms with Gasteiger partial charge >= 0.3 is 0 Å². The van der Waals surface area contributed by atoms with Crippen molar-refractivity contribution in [2.24, 2.45) is 10.9 Å². The number of benzene rings is 3. The lowest BCUT2D eigenvalue weighted by Crippen LogP contribution is -2.46. The Hall–Kier alpha value is -4.48. The SMILES string of the molecule is C=Nc1cc(C=O)ccc1C(=C)Cl.CN1CCC(O)(Cn2cnc3cc(N)ccc3c2=O)CC1.CNCCCC(C=O)Cc1ccccc1. The topological polar surface area (TPSA) is 143 Å². The van der Waals surface area contributed by atoms with Crippen LogP contribution >= 0.6 is 11.6 Å². The highest BCUT2D eigenvalue weighted by Gasteiger charge is 2.32. The first kappa shape index (κ1) is 39.0. The molecule has 1 unspecified atom stereocenters. The van der Waals surface area contributed by atoms with Gasteiger partial charge in [0.2, 0.25) is 0 Å². The number of nitrogens with one attached hydrogen (secondary N) is 1. The number of hydrogen-bond acceptors (Lipinski definition) is 9. The van der Waals surface area contributed by atoms with Crippen LogP contribution in [0.15, 0.2) is 89.4 Å². The molecule has 4 N–H and O–H groups in total. The maximum Gasteiger partial charge on any atom is 0.261 e. The number of aliphatic imine (C=N–C) groups is 1. The fraction of sp³-hybridized carbons (Fsp3) is 0.342. The minimum atomic E-state index is -0.834. The van der Waals surface area contributed by atoms with E-state index in [1.54, 1.807) is 36.4 Å². The maximum atomic E-state index is 12.5. The molecular weight excluding hydrogens is 640 g/mol. The molecule has 10 nitrogen and oxygen atoms in total. The number of rotatable bonds is 12. The molecule has 1 atom stereocenters. The summed E-state index contributed by atoms with van der Waals surface area (Å²) in [6.45, 7) is 9.90. The van der Waals surface area contributed by atoms with Crippen molar-refractivity contribution in [3.8, 4) is 0 Å². The van der Waals surface area contributed by atoms with Gasteiger partial charge in [-0.25, -0.2) is 4.98 Å². The van der Waals surface area contributed by atoms with E-state index in [9.17, 15) is 19.5 Å². The van der Waals surface area contributed by atoms with Crippen LogP contribution in [-0.2, 0) is 17.8 Å². The molecule has 11 heteroatoms. The fourth-order valence-electron chi connectivity index (χ4n) is 5.46. The number of piperidine rings is 1. The molecule has 1 aliphatic heterocycles. The molecular formula is C38H47ClN6O4. The van der Waals surface area contributed by atoms with E-state index >= 15 is 0 Å². The lowest BCUT2D eigenvalue weighted by molar-refractivity contribution is -0.111. The second-order valence-corrected chi connectivity index (χ2v) is 12.7. The van der Waals surface area contributed by atoms with Gasteiger partial charge < -0.3 is 25.9 Å². The summed E-state index contributed by atoms with van der Waals surface area (Å²) >= 11 is 5.71. The zero-order valence-electron chi connectivity index (χ0n) is 28.4. The van der Waals surface area contributed by atoms with Crippen LogP contribution in [0.3, 0.4) is 0 Å². The zero-order valence-corrected chi connectivity index (χ0v) is 29.1. The molecule has 0 saturated carbocycles. The molecule has 0 amide bonds. The summed E-state index contributed by atoms with van der Waals surface area (Å²) in [5, 5.41) is 14.7. The van der Waals surface area contributed by atoms with E-state index in [2.05, 4.69) is 45.6 Å². The van der Waals surface area contributed by atoms with Gasteiger partial charge in [0, 0.05) is 40.9 Å². The Labute approximate surface area is 293 Å². The smallest absolute Gasteiger partial charge is 0.261 e. The number of aldehydes is 2. The van der Waals surface area contributed by atoms with Crippen LogP contribution in [0.1, 0.15) is 47.2 Å². The third-order valence-corrected chi connectivity index (χ3v) is 8.59. The first-order valence-corrected chi connectivity index (χ1v) is 16.6. The number of carbonyl (C=O) groups excluding carboxylic acids is 2. The minimum Gasteiger partial charge on any atom is -0.399 e. The van der Waals surface area contributed by atoms with Crippen LogP contribution in [-0.4, -0.2) is 78.2 Å². The number of nitrogens with zero attached hydrogens (tertiary/aromatic N) is 4. The number of likely N-dealkylation sites (tertiary alicyclic amines) is 1. The van der Waals surface area contributed by atoms with Crippen molar-refractivity contribution < 1.29 is 14.7 Å². The van der Waals surface area contributed by atoms with E-state index in [1.165, 1.54) is 16.5 Å². The number of carbonyl (C=O) groups is 2. The lowest BCUT2D eigenvalue weighted by atomic mass is 9.91. The summed E-state index contributed by atoms with van der Waals surface area (Å²) in [4.78, 5) is 44.0. The second-order valence-electron chi connectivity index (χ2n) is 12.3. The zero-order chi connectivity index (χ0) is 35.8. The molecule has 1 saturated heterocycles. The van der Waals surface area contributed by atoms with Crippen LogP contribution < -0.4 is 16.6 Å². The number of nitrogens with two attached hydrogens (primary N) is 1. The van der Waals surface area contributed by atoms with Gasteiger partial charge in [-0.2, -0.15) is 0 Å². The van der Waals surface area contributed by atoms with Crippen molar-refractivity contribution in [1.29, 1.82) is 0 Å². The molecule has 4 aromatic rings. The van der Waals surface area contributed by atoms with Crippen LogP contribution in [0.4, 0.5) is 11.4 Å². The molecule has 2 heterocycles. The van der Waals surface area contributed by atoms with Crippen molar-refractivity contribution >= 4 is 58.2 Å². The highest BCUT2D eigenvalue weighted by Crippen LogP contribution is 2.28. The fourth-order valence-corrected chi connectivity index (χ4v) is 5.62. The summed E-state index contributed by atoms with van der Waals surface area (Å²) in [5.41, 5.74) is 8.97. The number of anilines is 1. The van der Waals surface area contributed by atoms with Crippen LogP contribution in [0.2, 0.25) is 0 Å². The lowest BCUT2D eigenvalue weighted by Gasteiger charge is -2.36. The van der Waals surface area contributed by atoms with E-state index in [0.29, 0.717) is 51.3 Å². The van der Waals surface area contributed by atoms with E-state index in [4.69, 9.17) is 17.3 Å². The Morgan fingerprint density at radius 3 is 2.47 bits per heavy atom. The molecule has 1 fully saturated rings. The van der Waals surface area contributed by atoms with Gasteiger partial charge in [0.25, 0.3) is 5.56 Å². The van der Waals surface area contributed by atoms with Crippen molar-refractivity contribution in [3.05, 3.63) is 107 Å². The number of nitrogen functional groups attached to an aromatic ring is 1. The van der Waals surface area contributed by atoms with Crippen molar-refractivity contribution in [2.75, 3.05) is 39.5 Å². The summed E-state index contributed by atoms with van der Waals surface area (Å²) in [6, 6.07) is 20.2. The van der Waals surface area contributed by atoms with E-state index in [0.717, 1.165) is 51.5 Å². The Bertz CT molecular complexity index is 1750. The Morgan fingerprint density at radius 2 is 1.86 bits per heavy atom. The van der Waals surface area contributed by atoms with Crippen LogP contribution in [0.5, 0.6) is 0 Å². The largest absolute Gasteiger partial charge is 0.399 e. The predicted octanol–water partition coefficient (Wildman–Crippen LogP) is 5.52. The Morgan fingerprint density at radius 1 is 1.14 bits per heavy atom. The minimum absolute atomic E-state index is 0.132. The van der Waals surface area contributed by atoms with Crippen LogP contribution in [0, 0.1) is 5.92 Å². The summed E-state index contributed by atoms with van der Waals surface area (Å²) in [5.74, 6) is 0.167. The molecule has 3 aromatic carbocycles. The van der Waals surface area contributed by atoms with Gasteiger partial charge in [-0.05, 0) is 89.3 Å². The van der Waals surface area contributed by atoms with Gasteiger partial charge in [0.05, 0.1) is 35.1 Å². The molecule has 1 aliphatic rings. The monoisotopic (exact) mass is 686 g/mol. The van der Waals surface area contributed by atoms with Gasteiger partial charge in [-0.15, -0.1) is 0 Å². The number of halogens is 1. The Kier molecular flexibility index (Phi) is 15.5. The van der Waals surface area contributed by atoms with Gasteiger partial charge in [-0.1, -0.05) is 60.6 Å². The van der Waals surface area contributed by atoms with E-state index in [1.807, 2.05) is 32.3 Å². The molecule has 1 aromatic heterocycles. The van der Waals surface area contributed by atoms with Crippen molar-refractivity contribution in [3.63, 3.8) is 0 Å². The summed E-state index contributed by atoms with van der Waals surface area (Å²) in [7, 11) is 3.97. The molecule has 0 bridgehead atoms. The molecule has 5 rings (SSSR count).